The van der Waals surface area contributed by atoms with Crippen LogP contribution in [0.3, 0.4) is 0 Å². The number of aromatic nitrogens is 1. The molecule has 0 saturated heterocycles. The van der Waals surface area contributed by atoms with Gasteiger partial charge in [0.2, 0.25) is 5.91 Å². The van der Waals surface area contributed by atoms with Gasteiger partial charge in [0.15, 0.2) is 0 Å². The molecule has 0 saturated carbocycles. The van der Waals surface area contributed by atoms with E-state index in [-0.39, 0.29) is 0 Å². The Hall–Kier alpha value is -3.27. The van der Waals surface area contributed by atoms with Gasteiger partial charge < -0.3 is 15.0 Å². The lowest BCUT2D eigenvalue weighted by molar-refractivity contribution is 0.100. The molecule has 0 spiro atoms. The van der Waals surface area contributed by atoms with Crippen molar-refractivity contribution in [3.8, 4) is 5.75 Å². The molecule has 1 amide bonds. The van der Waals surface area contributed by atoms with Crippen molar-refractivity contribution in [1.82, 2.24) is 4.57 Å². The lowest BCUT2D eigenvalue weighted by atomic mass is 10.0. The third kappa shape index (κ3) is 3.65. The van der Waals surface area contributed by atoms with Crippen molar-refractivity contribution >= 4 is 27.7 Å². The van der Waals surface area contributed by atoms with Gasteiger partial charge in [0.25, 0.3) is 0 Å². The predicted octanol–water partition coefficient (Wildman–Crippen LogP) is 5.48. The summed E-state index contributed by atoms with van der Waals surface area (Å²) in [6.07, 6.45) is 4.60. The molecule has 0 aliphatic carbocycles. The number of carbonyl (C=O) groups is 1. The number of benzene rings is 3. The number of nitrogens with zero attached hydrogens (tertiary/aromatic N) is 1. The molecule has 0 atom stereocenters. The van der Waals surface area contributed by atoms with Crippen LogP contribution in [0.5, 0.6) is 5.75 Å². The molecule has 0 bridgehead atoms. The van der Waals surface area contributed by atoms with Crippen molar-refractivity contribution in [2.75, 3.05) is 7.11 Å². The lowest BCUT2D eigenvalue weighted by Crippen LogP contribution is -2.11. The zero-order valence-electron chi connectivity index (χ0n) is 17.6. The quantitative estimate of drug-likeness (QED) is 0.399. The van der Waals surface area contributed by atoms with E-state index in [1.807, 2.05) is 30.3 Å². The predicted molar refractivity (Wildman–Crippen MR) is 122 cm³/mol. The van der Waals surface area contributed by atoms with Crippen molar-refractivity contribution in [1.29, 1.82) is 0 Å². The summed E-state index contributed by atoms with van der Waals surface area (Å²) in [5.41, 5.74) is 10.6. The monoisotopic (exact) mass is 399 g/mol. The van der Waals surface area contributed by atoms with Crippen LogP contribution in [0, 0.1) is 6.07 Å². The number of methoxy groups -OCH3 is 1. The summed E-state index contributed by atoms with van der Waals surface area (Å²) in [6.45, 7) is 2.85. The number of hydrogen-bond acceptors (Lipinski definition) is 2. The SMILES string of the molecule is CCCCCc1c[c]c2c3c(C(N)=O)cccc3n(Cc3ccccc3OC)c2c1. The summed E-state index contributed by atoms with van der Waals surface area (Å²) in [5, 5.41) is 1.81. The highest BCUT2D eigenvalue weighted by Gasteiger charge is 2.18. The first-order chi connectivity index (χ1) is 14.6. The fourth-order valence-electron chi connectivity index (χ4n) is 4.20. The van der Waals surface area contributed by atoms with E-state index in [1.165, 1.54) is 18.4 Å². The van der Waals surface area contributed by atoms with Crippen molar-refractivity contribution in [3.05, 3.63) is 77.4 Å². The molecule has 1 heterocycles. The van der Waals surface area contributed by atoms with Crippen LogP contribution in [-0.2, 0) is 13.0 Å². The third-order valence-electron chi connectivity index (χ3n) is 5.71. The Morgan fingerprint density at radius 2 is 1.93 bits per heavy atom. The Morgan fingerprint density at radius 3 is 2.70 bits per heavy atom. The Bertz CT molecular complexity index is 1210. The van der Waals surface area contributed by atoms with Crippen LogP contribution in [0.4, 0.5) is 0 Å². The van der Waals surface area contributed by atoms with Crippen molar-refractivity contribution < 1.29 is 9.53 Å². The number of carbonyl (C=O) groups excluding carboxylic acids is 1. The van der Waals surface area contributed by atoms with Gasteiger partial charge in [-0.05, 0) is 48.7 Å². The van der Waals surface area contributed by atoms with Gasteiger partial charge in [0.1, 0.15) is 5.75 Å². The van der Waals surface area contributed by atoms with Gasteiger partial charge in [-0.2, -0.15) is 0 Å². The van der Waals surface area contributed by atoms with E-state index in [1.54, 1.807) is 13.2 Å². The topological polar surface area (TPSA) is 57.2 Å². The molecule has 0 unspecified atom stereocenters. The van der Waals surface area contributed by atoms with E-state index < -0.39 is 5.91 Å². The number of amides is 1. The number of para-hydroxylation sites is 1. The highest BCUT2D eigenvalue weighted by molar-refractivity contribution is 6.17. The van der Waals surface area contributed by atoms with Gasteiger partial charge in [0.05, 0.1) is 24.7 Å². The van der Waals surface area contributed by atoms with Crippen LogP contribution in [0.25, 0.3) is 21.8 Å². The molecule has 4 rings (SSSR count). The van der Waals surface area contributed by atoms with E-state index in [0.29, 0.717) is 12.1 Å². The normalized spacial score (nSPS) is 11.3. The van der Waals surface area contributed by atoms with E-state index in [0.717, 1.165) is 46.0 Å². The molecular formula is C26H27N2O2. The summed E-state index contributed by atoms with van der Waals surface area (Å²) in [7, 11) is 1.69. The van der Waals surface area contributed by atoms with Crippen molar-refractivity contribution in [2.45, 2.75) is 39.2 Å². The summed E-state index contributed by atoms with van der Waals surface area (Å²) < 4.78 is 7.82. The highest BCUT2D eigenvalue weighted by Crippen LogP contribution is 2.34. The Morgan fingerprint density at radius 1 is 1.10 bits per heavy atom. The summed E-state index contributed by atoms with van der Waals surface area (Å²) in [5.74, 6) is 0.430. The Labute approximate surface area is 177 Å². The maximum absolute atomic E-state index is 12.1. The Balaban J connectivity index is 1.93. The van der Waals surface area contributed by atoms with Crippen molar-refractivity contribution in [3.63, 3.8) is 0 Å². The molecule has 2 N–H and O–H groups in total. The average molecular weight is 400 g/mol. The second kappa shape index (κ2) is 8.62. The van der Waals surface area contributed by atoms with E-state index in [9.17, 15) is 4.79 Å². The largest absolute Gasteiger partial charge is 0.496 e. The fourth-order valence-corrected chi connectivity index (χ4v) is 4.20. The summed E-state index contributed by atoms with van der Waals surface area (Å²) >= 11 is 0. The second-order valence-corrected chi connectivity index (χ2v) is 7.69. The van der Waals surface area contributed by atoms with Crippen LogP contribution >= 0.6 is 0 Å². The molecule has 0 aliphatic rings. The van der Waals surface area contributed by atoms with E-state index in [4.69, 9.17) is 10.5 Å². The number of aryl methyl sites for hydroxylation is 1. The highest BCUT2D eigenvalue weighted by atomic mass is 16.5. The molecular weight excluding hydrogens is 372 g/mol. The minimum Gasteiger partial charge on any atom is -0.496 e. The van der Waals surface area contributed by atoms with Gasteiger partial charge in [-0.3, -0.25) is 4.79 Å². The zero-order valence-corrected chi connectivity index (χ0v) is 17.6. The maximum atomic E-state index is 12.1. The molecule has 4 aromatic rings. The Kier molecular flexibility index (Phi) is 5.75. The second-order valence-electron chi connectivity index (χ2n) is 7.69. The number of nitrogens with two attached hydrogens (primary N) is 1. The minimum atomic E-state index is -0.419. The maximum Gasteiger partial charge on any atom is 0.249 e. The number of primary amides is 1. The van der Waals surface area contributed by atoms with Gasteiger partial charge in [-0.25, -0.2) is 0 Å². The lowest BCUT2D eigenvalue weighted by Gasteiger charge is -2.12. The first-order valence-electron chi connectivity index (χ1n) is 10.5. The molecule has 1 aromatic heterocycles. The molecule has 4 nitrogen and oxygen atoms in total. The van der Waals surface area contributed by atoms with Crippen LogP contribution in [0.2, 0.25) is 0 Å². The first-order valence-corrected chi connectivity index (χ1v) is 10.5. The fraction of sp³-hybridized carbons (Fsp3) is 0.269. The minimum absolute atomic E-state index is 0.419. The molecule has 0 aliphatic heterocycles. The smallest absolute Gasteiger partial charge is 0.249 e. The third-order valence-corrected chi connectivity index (χ3v) is 5.71. The number of hydrogen-bond donors (Lipinski definition) is 1. The zero-order chi connectivity index (χ0) is 21.1. The van der Waals surface area contributed by atoms with Gasteiger partial charge in [-0.1, -0.05) is 50.1 Å². The van der Waals surface area contributed by atoms with Gasteiger partial charge >= 0.3 is 0 Å². The van der Waals surface area contributed by atoms with Crippen LogP contribution in [0.15, 0.2) is 54.6 Å². The molecule has 3 aromatic carbocycles. The van der Waals surface area contributed by atoms with Crippen LogP contribution in [0.1, 0.15) is 47.7 Å². The summed E-state index contributed by atoms with van der Waals surface area (Å²) in [4.78, 5) is 12.1. The van der Waals surface area contributed by atoms with Crippen LogP contribution < -0.4 is 10.5 Å². The first kappa shape index (κ1) is 20.0. The van der Waals surface area contributed by atoms with Crippen molar-refractivity contribution in [2.24, 2.45) is 5.73 Å². The number of fused-ring (bicyclic) bond motifs is 3. The number of rotatable bonds is 8. The molecule has 0 fully saturated rings. The van der Waals surface area contributed by atoms with Crippen LogP contribution in [-0.4, -0.2) is 17.6 Å². The molecule has 30 heavy (non-hydrogen) atoms. The van der Waals surface area contributed by atoms with Gasteiger partial charge in [-0.15, -0.1) is 0 Å². The average Bonchev–Trinajstić information content (AvgIpc) is 3.07. The molecule has 1 radical (unpaired) electrons. The van der Waals surface area contributed by atoms with E-state index >= 15 is 0 Å². The molecule has 153 valence electrons. The van der Waals surface area contributed by atoms with E-state index in [2.05, 4.69) is 35.8 Å². The number of ether oxygens (including phenoxy) is 1. The van der Waals surface area contributed by atoms with Gasteiger partial charge in [0, 0.05) is 21.9 Å². The summed E-state index contributed by atoms with van der Waals surface area (Å²) in [6, 6.07) is 21.5. The number of unbranched alkanes of at least 4 members (excludes halogenated alkanes) is 2. The standard InChI is InChI=1S/C26H27N2O2/c1-3-4-5-9-18-14-15-20-23(16-18)28(17-19-10-6-7-13-24(19)30-2)22-12-8-11-21(25(20)22)26(27)29/h6-8,10-14,16H,3-5,9,17H2,1-2H3,(H2,27,29). The molecule has 4 heteroatoms.